The number of anilines is 1. The Morgan fingerprint density at radius 3 is 2.46 bits per heavy atom. The van der Waals surface area contributed by atoms with Crippen LogP contribution in [0.15, 0.2) is 89.5 Å². The van der Waals surface area contributed by atoms with E-state index in [2.05, 4.69) is 48.4 Å². The van der Waals surface area contributed by atoms with Gasteiger partial charge in [0, 0.05) is 17.4 Å². The molecule has 0 spiro atoms. The Morgan fingerprint density at radius 2 is 1.77 bits per heavy atom. The molecule has 0 radical (unpaired) electrons. The van der Waals surface area contributed by atoms with E-state index in [-0.39, 0.29) is 17.6 Å². The number of rotatable bonds is 6. The molecule has 2 N–H and O–H groups in total. The second kappa shape index (κ2) is 9.35. The first-order valence-electron chi connectivity index (χ1n) is 11.5. The monoisotopic (exact) mass is 483 g/mol. The van der Waals surface area contributed by atoms with Crippen molar-refractivity contribution in [2.24, 2.45) is 0 Å². The summed E-state index contributed by atoms with van der Waals surface area (Å²) in [4.78, 5) is 18.4. The van der Waals surface area contributed by atoms with Gasteiger partial charge in [-0.05, 0) is 66.2 Å². The Bertz CT molecular complexity index is 1370. The van der Waals surface area contributed by atoms with Gasteiger partial charge in [-0.3, -0.25) is 4.98 Å². The summed E-state index contributed by atoms with van der Waals surface area (Å²) in [5.41, 5.74) is 3.75. The zero-order chi connectivity index (χ0) is 24.5. The molecule has 1 saturated heterocycles. The molecule has 5 rings (SSSR count). The van der Waals surface area contributed by atoms with E-state index in [1.54, 1.807) is 30.5 Å². The Kier molecular flexibility index (Phi) is 6.09. The molecule has 6 nitrogen and oxygen atoms in total. The molecular formula is C28H25N3O3S. The number of carboxylic acid groups (broad SMARTS) is 1. The normalized spacial score (nSPS) is 17.6. The number of nitrogens with zero attached hydrogens (tertiary/aromatic N) is 2. The van der Waals surface area contributed by atoms with Crippen molar-refractivity contribution >= 4 is 29.0 Å². The quantitative estimate of drug-likeness (QED) is 0.310. The highest BCUT2D eigenvalue weighted by atomic mass is 32.1. The molecule has 2 aromatic heterocycles. The maximum Gasteiger partial charge on any atom is 0.336 e. The first-order valence-corrected chi connectivity index (χ1v) is 11.9. The van der Waals surface area contributed by atoms with Crippen LogP contribution in [0.4, 0.5) is 5.69 Å². The summed E-state index contributed by atoms with van der Waals surface area (Å²) in [6.45, 7) is 4.33. The van der Waals surface area contributed by atoms with E-state index in [4.69, 9.17) is 16.6 Å². The van der Waals surface area contributed by atoms with Crippen LogP contribution in [0.5, 0.6) is 0 Å². The number of aromatic nitrogens is 1. The van der Waals surface area contributed by atoms with E-state index in [1.807, 2.05) is 35.2 Å². The molecule has 7 heteroatoms. The summed E-state index contributed by atoms with van der Waals surface area (Å²) in [7, 11) is 0. The highest BCUT2D eigenvalue weighted by molar-refractivity contribution is 7.80. The smallest absolute Gasteiger partial charge is 0.336 e. The van der Waals surface area contributed by atoms with Gasteiger partial charge in [0.15, 0.2) is 5.11 Å². The second-order valence-corrected chi connectivity index (χ2v) is 9.18. The minimum atomic E-state index is -1.000. The van der Waals surface area contributed by atoms with E-state index in [9.17, 15) is 9.90 Å². The Morgan fingerprint density at radius 1 is 1.03 bits per heavy atom. The van der Waals surface area contributed by atoms with Crippen LogP contribution in [-0.4, -0.2) is 21.2 Å². The number of hydrogen-bond acceptors (Lipinski definition) is 4. The Hall–Kier alpha value is -3.97. The van der Waals surface area contributed by atoms with E-state index >= 15 is 0 Å². The minimum Gasteiger partial charge on any atom is -0.478 e. The average Bonchev–Trinajstić information content (AvgIpc) is 3.49. The van der Waals surface area contributed by atoms with Gasteiger partial charge in [0.2, 0.25) is 0 Å². The van der Waals surface area contributed by atoms with Gasteiger partial charge in [-0.15, -0.1) is 0 Å². The van der Waals surface area contributed by atoms with Crippen LogP contribution in [0.1, 0.15) is 59.2 Å². The van der Waals surface area contributed by atoms with Gasteiger partial charge in [0.1, 0.15) is 17.6 Å². The Labute approximate surface area is 209 Å². The maximum atomic E-state index is 11.8. The van der Waals surface area contributed by atoms with Crippen molar-refractivity contribution in [2.45, 2.75) is 31.8 Å². The fourth-order valence-corrected chi connectivity index (χ4v) is 4.83. The zero-order valence-electron chi connectivity index (χ0n) is 19.4. The number of carbonyl (C=O) groups is 1. The van der Waals surface area contributed by atoms with Gasteiger partial charge in [0.25, 0.3) is 0 Å². The number of nitrogens with one attached hydrogen (secondary N) is 1. The van der Waals surface area contributed by atoms with E-state index in [0.717, 1.165) is 11.4 Å². The lowest BCUT2D eigenvalue weighted by Crippen LogP contribution is -2.29. The van der Waals surface area contributed by atoms with Crippen molar-refractivity contribution in [1.29, 1.82) is 0 Å². The number of aromatic carboxylic acids is 1. The lowest BCUT2D eigenvalue weighted by molar-refractivity contribution is 0.0697. The number of carboxylic acids is 1. The zero-order valence-corrected chi connectivity index (χ0v) is 20.2. The topological polar surface area (TPSA) is 78.6 Å². The molecular weight excluding hydrogens is 458 g/mol. The van der Waals surface area contributed by atoms with Crippen molar-refractivity contribution < 1.29 is 14.3 Å². The molecule has 0 saturated carbocycles. The lowest BCUT2D eigenvalue weighted by Gasteiger charge is -2.26. The highest BCUT2D eigenvalue weighted by Crippen LogP contribution is 2.43. The van der Waals surface area contributed by atoms with Crippen molar-refractivity contribution in [3.8, 4) is 11.3 Å². The molecule has 0 amide bonds. The predicted molar refractivity (Wildman–Crippen MR) is 140 cm³/mol. The molecule has 35 heavy (non-hydrogen) atoms. The fraction of sp³-hybridized carbons (Fsp3) is 0.179. The maximum absolute atomic E-state index is 11.8. The van der Waals surface area contributed by atoms with Crippen LogP contribution in [-0.2, 0) is 0 Å². The first kappa shape index (κ1) is 22.8. The molecule has 2 atom stereocenters. The standard InChI is InChI=1S/C28H25N3O3S/c1-17(2)18-10-12-19(13-11-18)31-26(25(30-28(31)35)22-9-5-6-16-29-22)24-15-14-23(34-24)20-7-3-4-8-21(20)27(32)33/h3-17,25-26H,1-2H3,(H,30,35)(H,32,33)/t25-,26-/m0/s1. The highest BCUT2D eigenvalue weighted by Gasteiger charge is 2.42. The summed E-state index contributed by atoms with van der Waals surface area (Å²) >= 11 is 5.78. The summed E-state index contributed by atoms with van der Waals surface area (Å²) in [6, 6.07) is 24.1. The number of benzene rings is 2. The van der Waals surface area contributed by atoms with Crippen LogP contribution >= 0.6 is 12.2 Å². The minimum absolute atomic E-state index is 0.191. The van der Waals surface area contributed by atoms with Crippen molar-refractivity contribution in [3.63, 3.8) is 0 Å². The van der Waals surface area contributed by atoms with Gasteiger partial charge >= 0.3 is 5.97 Å². The number of pyridine rings is 1. The molecule has 1 aliphatic heterocycles. The third-order valence-corrected chi connectivity index (χ3v) is 6.59. The van der Waals surface area contributed by atoms with Crippen LogP contribution in [0.2, 0.25) is 0 Å². The van der Waals surface area contributed by atoms with E-state index in [0.29, 0.717) is 28.1 Å². The second-order valence-electron chi connectivity index (χ2n) is 8.80. The molecule has 1 aliphatic rings. The fourth-order valence-electron chi connectivity index (χ4n) is 4.48. The van der Waals surface area contributed by atoms with Crippen molar-refractivity contribution in [1.82, 2.24) is 10.3 Å². The van der Waals surface area contributed by atoms with Gasteiger partial charge in [-0.2, -0.15) is 0 Å². The summed E-state index contributed by atoms with van der Waals surface area (Å²) in [5, 5.41) is 13.6. The predicted octanol–water partition coefficient (Wildman–Crippen LogP) is 6.34. The molecule has 0 aliphatic carbocycles. The summed E-state index contributed by atoms with van der Waals surface area (Å²) in [6.07, 6.45) is 1.76. The largest absolute Gasteiger partial charge is 0.478 e. The molecule has 4 aromatic rings. The number of furan rings is 1. The first-order chi connectivity index (χ1) is 16.9. The van der Waals surface area contributed by atoms with E-state index < -0.39 is 5.97 Å². The molecule has 3 heterocycles. The molecule has 0 bridgehead atoms. The van der Waals surface area contributed by atoms with Gasteiger partial charge in [-0.25, -0.2) is 4.79 Å². The molecule has 2 aromatic carbocycles. The third-order valence-electron chi connectivity index (χ3n) is 6.28. The van der Waals surface area contributed by atoms with Gasteiger partial charge in [-0.1, -0.05) is 50.2 Å². The van der Waals surface area contributed by atoms with Crippen LogP contribution in [0.25, 0.3) is 11.3 Å². The van der Waals surface area contributed by atoms with Crippen molar-refractivity contribution in [2.75, 3.05) is 4.90 Å². The van der Waals surface area contributed by atoms with Crippen LogP contribution < -0.4 is 10.2 Å². The molecule has 0 unspecified atom stereocenters. The molecule has 1 fully saturated rings. The Balaban J connectivity index is 1.60. The van der Waals surface area contributed by atoms with Gasteiger partial charge < -0.3 is 19.7 Å². The SMILES string of the molecule is CC(C)c1ccc(N2C(=S)N[C@@H](c3ccccn3)[C@@H]2c2ccc(-c3ccccc3C(=O)O)o2)cc1. The molecule has 176 valence electrons. The number of hydrogen-bond donors (Lipinski definition) is 2. The van der Waals surface area contributed by atoms with Crippen LogP contribution in [0, 0.1) is 0 Å². The van der Waals surface area contributed by atoms with Crippen molar-refractivity contribution in [3.05, 3.63) is 108 Å². The average molecular weight is 484 g/mol. The van der Waals surface area contributed by atoms with E-state index in [1.165, 1.54) is 5.56 Å². The lowest BCUT2D eigenvalue weighted by atomic mass is 10.0. The van der Waals surface area contributed by atoms with Crippen LogP contribution in [0.3, 0.4) is 0 Å². The summed E-state index contributed by atoms with van der Waals surface area (Å²) < 4.78 is 6.33. The number of thiocarbonyl (C=S) groups is 1. The summed E-state index contributed by atoms with van der Waals surface area (Å²) in [5.74, 6) is 0.578. The third kappa shape index (κ3) is 4.31. The van der Waals surface area contributed by atoms with Gasteiger partial charge in [0.05, 0.1) is 17.3 Å².